The second-order valence-electron chi connectivity index (χ2n) is 5.30. The lowest BCUT2D eigenvalue weighted by atomic mass is 10.1. The van der Waals surface area contributed by atoms with Gasteiger partial charge >= 0.3 is 0 Å². The molecule has 19 heavy (non-hydrogen) atoms. The van der Waals surface area contributed by atoms with E-state index in [-0.39, 0.29) is 6.10 Å². The van der Waals surface area contributed by atoms with Gasteiger partial charge in [-0.15, -0.1) is 0 Å². The van der Waals surface area contributed by atoms with Crippen LogP contribution >= 0.6 is 0 Å². The topological polar surface area (TPSA) is 32.7 Å². The molecule has 1 aliphatic rings. The summed E-state index contributed by atoms with van der Waals surface area (Å²) in [6.45, 7) is 4.62. The van der Waals surface area contributed by atoms with Crippen molar-refractivity contribution in [3.05, 3.63) is 35.9 Å². The first-order valence-electron chi connectivity index (χ1n) is 7.36. The molecule has 0 spiro atoms. The molecule has 1 saturated heterocycles. The molecule has 1 unspecified atom stereocenters. The molecule has 1 atom stereocenters. The van der Waals surface area contributed by atoms with Gasteiger partial charge in [-0.05, 0) is 37.8 Å². The number of piperidine rings is 1. The molecule has 1 aromatic carbocycles. The maximum atomic E-state index is 9.57. The summed E-state index contributed by atoms with van der Waals surface area (Å²) in [4.78, 5) is 2.34. The van der Waals surface area contributed by atoms with Crippen LogP contribution in [0.15, 0.2) is 30.3 Å². The first kappa shape index (κ1) is 14.5. The van der Waals surface area contributed by atoms with Crippen molar-refractivity contribution < 1.29 is 9.84 Å². The molecule has 1 fully saturated rings. The van der Waals surface area contributed by atoms with Gasteiger partial charge in [-0.3, -0.25) is 0 Å². The van der Waals surface area contributed by atoms with Gasteiger partial charge in [-0.1, -0.05) is 30.3 Å². The Bertz CT molecular complexity index is 342. The summed E-state index contributed by atoms with van der Waals surface area (Å²) in [5.41, 5.74) is 1.33. The smallest absolute Gasteiger partial charge is 0.0667 e. The Morgan fingerprint density at radius 2 is 2.05 bits per heavy atom. The van der Waals surface area contributed by atoms with Crippen LogP contribution in [0.2, 0.25) is 0 Å². The fourth-order valence-corrected chi connectivity index (χ4v) is 2.56. The van der Waals surface area contributed by atoms with E-state index in [1.807, 2.05) is 6.07 Å². The Labute approximate surface area is 116 Å². The number of hydrogen-bond acceptors (Lipinski definition) is 3. The normalized spacial score (nSPS) is 20.6. The first-order valence-corrected chi connectivity index (χ1v) is 7.36. The van der Waals surface area contributed by atoms with Crippen LogP contribution in [0.1, 0.15) is 24.8 Å². The average molecular weight is 263 g/mol. The minimum Gasteiger partial charge on any atom is -0.392 e. The highest BCUT2D eigenvalue weighted by molar-refractivity contribution is 5.14. The third-order valence-electron chi connectivity index (χ3n) is 3.62. The van der Waals surface area contributed by atoms with Crippen molar-refractivity contribution in [1.29, 1.82) is 0 Å². The molecular weight excluding hydrogens is 238 g/mol. The van der Waals surface area contributed by atoms with Crippen molar-refractivity contribution in [3.8, 4) is 0 Å². The van der Waals surface area contributed by atoms with E-state index in [1.165, 1.54) is 5.56 Å². The largest absolute Gasteiger partial charge is 0.392 e. The maximum Gasteiger partial charge on any atom is 0.0667 e. The van der Waals surface area contributed by atoms with Crippen LogP contribution in [-0.4, -0.2) is 49.0 Å². The van der Waals surface area contributed by atoms with Crippen molar-refractivity contribution in [3.63, 3.8) is 0 Å². The Balaban J connectivity index is 1.48. The number of hydrogen-bond donors (Lipinski definition) is 1. The van der Waals surface area contributed by atoms with Crippen molar-refractivity contribution in [2.24, 2.45) is 0 Å². The van der Waals surface area contributed by atoms with E-state index in [9.17, 15) is 5.11 Å². The summed E-state index contributed by atoms with van der Waals surface area (Å²) in [7, 11) is 0. The molecule has 0 amide bonds. The molecule has 0 aliphatic carbocycles. The Kier molecular flexibility index (Phi) is 6.34. The molecule has 0 bridgehead atoms. The quantitative estimate of drug-likeness (QED) is 0.765. The zero-order valence-electron chi connectivity index (χ0n) is 11.6. The number of benzene rings is 1. The molecule has 0 radical (unpaired) electrons. The van der Waals surface area contributed by atoms with Gasteiger partial charge < -0.3 is 14.7 Å². The van der Waals surface area contributed by atoms with Gasteiger partial charge in [0.25, 0.3) is 0 Å². The Morgan fingerprint density at radius 1 is 1.21 bits per heavy atom. The molecule has 0 saturated carbocycles. The zero-order valence-corrected chi connectivity index (χ0v) is 11.6. The van der Waals surface area contributed by atoms with Crippen LogP contribution in [0, 0.1) is 0 Å². The number of nitrogens with zero attached hydrogens (tertiary/aromatic N) is 1. The molecule has 1 aliphatic heterocycles. The molecule has 2 rings (SSSR count). The maximum absolute atomic E-state index is 9.57. The van der Waals surface area contributed by atoms with Gasteiger partial charge in [0.05, 0.1) is 12.7 Å². The molecular formula is C16H25NO2. The van der Waals surface area contributed by atoms with Crippen LogP contribution in [0.25, 0.3) is 0 Å². The molecule has 1 heterocycles. The summed E-state index contributed by atoms with van der Waals surface area (Å²) in [5.74, 6) is 0. The van der Waals surface area contributed by atoms with Crippen LogP contribution < -0.4 is 0 Å². The lowest BCUT2D eigenvalue weighted by molar-refractivity contribution is 0.0611. The van der Waals surface area contributed by atoms with E-state index in [1.54, 1.807) is 0 Å². The predicted octanol–water partition coefficient (Wildman–Crippen LogP) is 2.09. The lowest BCUT2D eigenvalue weighted by Gasteiger charge is -2.29. The van der Waals surface area contributed by atoms with Gasteiger partial charge in [0.2, 0.25) is 0 Å². The van der Waals surface area contributed by atoms with E-state index in [4.69, 9.17) is 4.74 Å². The minimum atomic E-state index is -0.118. The number of β-amino-alcohol motifs (C(OH)–C–C–N with tert-alkyl or cyclic N) is 1. The molecule has 1 N–H and O–H groups in total. The van der Waals surface area contributed by atoms with E-state index >= 15 is 0 Å². The highest BCUT2D eigenvalue weighted by Gasteiger charge is 2.16. The summed E-state index contributed by atoms with van der Waals surface area (Å²) in [6.07, 6.45) is 4.01. The Hall–Kier alpha value is -0.900. The molecule has 0 aromatic heterocycles. The number of aliphatic hydroxyl groups is 1. The van der Waals surface area contributed by atoms with Gasteiger partial charge in [0.15, 0.2) is 0 Å². The van der Waals surface area contributed by atoms with E-state index in [2.05, 4.69) is 29.2 Å². The molecule has 3 nitrogen and oxygen atoms in total. The van der Waals surface area contributed by atoms with Crippen LogP contribution in [0.5, 0.6) is 0 Å². The fourth-order valence-electron chi connectivity index (χ4n) is 2.56. The van der Waals surface area contributed by atoms with Crippen molar-refractivity contribution in [2.75, 3.05) is 32.8 Å². The number of ether oxygens (including phenoxy) is 1. The SMILES string of the molecule is OC1CCCN(CCCOCCc2ccccc2)C1. The van der Waals surface area contributed by atoms with Crippen LogP contribution in [0.3, 0.4) is 0 Å². The second-order valence-corrected chi connectivity index (χ2v) is 5.30. The summed E-state index contributed by atoms with van der Waals surface area (Å²) in [5, 5.41) is 9.57. The predicted molar refractivity (Wildman–Crippen MR) is 77.3 cm³/mol. The summed E-state index contributed by atoms with van der Waals surface area (Å²) in [6, 6.07) is 10.4. The van der Waals surface area contributed by atoms with Crippen molar-refractivity contribution >= 4 is 0 Å². The number of likely N-dealkylation sites (tertiary alicyclic amines) is 1. The number of rotatable bonds is 7. The fraction of sp³-hybridized carbons (Fsp3) is 0.625. The summed E-state index contributed by atoms with van der Waals surface area (Å²) < 4.78 is 5.67. The second kappa shape index (κ2) is 8.31. The van der Waals surface area contributed by atoms with Gasteiger partial charge in [-0.2, -0.15) is 0 Å². The van der Waals surface area contributed by atoms with Crippen molar-refractivity contribution in [1.82, 2.24) is 4.90 Å². The van der Waals surface area contributed by atoms with Crippen LogP contribution in [-0.2, 0) is 11.2 Å². The summed E-state index contributed by atoms with van der Waals surface area (Å²) >= 11 is 0. The first-order chi connectivity index (χ1) is 9.34. The highest BCUT2D eigenvalue weighted by Crippen LogP contribution is 2.09. The van der Waals surface area contributed by atoms with E-state index in [0.29, 0.717) is 0 Å². The lowest BCUT2D eigenvalue weighted by Crippen LogP contribution is -2.39. The van der Waals surface area contributed by atoms with Crippen LogP contribution in [0.4, 0.5) is 0 Å². The molecule has 106 valence electrons. The molecule has 3 heteroatoms. The highest BCUT2D eigenvalue weighted by atomic mass is 16.5. The van der Waals surface area contributed by atoms with E-state index < -0.39 is 0 Å². The monoisotopic (exact) mass is 263 g/mol. The average Bonchev–Trinajstić information content (AvgIpc) is 2.44. The van der Waals surface area contributed by atoms with Crippen molar-refractivity contribution in [2.45, 2.75) is 31.8 Å². The van der Waals surface area contributed by atoms with Gasteiger partial charge in [-0.25, -0.2) is 0 Å². The third kappa shape index (κ3) is 5.72. The standard InChI is InChI=1S/C16H25NO2/c18-16-8-4-10-17(14-16)11-5-12-19-13-9-15-6-2-1-3-7-15/h1-3,6-7,16,18H,4-5,8-14H2. The zero-order chi connectivity index (χ0) is 13.3. The van der Waals surface area contributed by atoms with Gasteiger partial charge in [0, 0.05) is 19.7 Å². The van der Waals surface area contributed by atoms with E-state index in [0.717, 1.165) is 58.5 Å². The Morgan fingerprint density at radius 3 is 2.84 bits per heavy atom. The van der Waals surface area contributed by atoms with Gasteiger partial charge in [0.1, 0.15) is 0 Å². The number of aliphatic hydroxyl groups excluding tert-OH is 1. The third-order valence-corrected chi connectivity index (χ3v) is 3.62. The minimum absolute atomic E-state index is 0.118. The molecule has 1 aromatic rings.